The number of ether oxygens (including phenoxy) is 2. The molecule has 0 saturated heterocycles. The van der Waals surface area contributed by atoms with Crippen LogP contribution < -0.4 is 14.8 Å². The van der Waals surface area contributed by atoms with Crippen molar-refractivity contribution in [3.8, 4) is 22.1 Å². The molecule has 1 atom stereocenters. The highest BCUT2D eigenvalue weighted by atomic mass is 32.1. The molecule has 3 aromatic heterocycles. The van der Waals surface area contributed by atoms with Gasteiger partial charge in [0.15, 0.2) is 0 Å². The molecule has 0 aliphatic heterocycles. The van der Waals surface area contributed by atoms with Gasteiger partial charge < -0.3 is 14.6 Å². The molecule has 4 rings (SSSR count). The van der Waals surface area contributed by atoms with Gasteiger partial charge in [0, 0.05) is 23.7 Å². The number of benzene rings is 1. The normalized spacial score (nSPS) is 11.9. The van der Waals surface area contributed by atoms with Crippen molar-refractivity contribution >= 4 is 22.4 Å². The number of anilines is 1. The monoisotopic (exact) mass is 531 g/mol. The maximum Gasteiger partial charge on any atom is 0.387 e. The van der Waals surface area contributed by atoms with E-state index < -0.39 is 30.2 Å². The Morgan fingerprint density at radius 2 is 1.97 bits per heavy atom. The fourth-order valence-electron chi connectivity index (χ4n) is 3.29. The summed E-state index contributed by atoms with van der Waals surface area (Å²) in [5, 5.41) is 20.1. The Labute approximate surface area is 213 Å². The number of halogens is 3. The van der Waals surface area contributed by atoms with Gasteiger partial charge in [-0.3, -0.25) is 20.1 Å². The zero-order chi connectivity index (χ0) is 26.5. The van der Waals surface area contributed by atoms with Crippen molar-refractivity contribution < 1.29 is 32.5 Å². The fourth-order valence-corrected chi connectivity index (χ4v) is 3.88. The molecule has 0 bridgehead atoms. The van der Waals surface area contributed by atoms with Crippen LogP contribution in [0.3, 0.4) is 0 Å². The maximum absolute atomic E-state index is 14.7. The summed E-state index contributed by atoms with van der Waals surface area (Å²) in [5.74, 6) is -1.98. The van der Waals surface area contributed by atoms with Crippen LogP contribution in [0.5, 0.6) is 10.9 Å². The molecule has 0 aliphatic carbocycles. The molecule has 1 aromatic carbocycles. The standard InChI is InChI=1S/C24H20F3N5O4S/c1-12-8-16(20-18(25)4-3-5-19(20)36-22(26)27)17(10-28-12)21(34)30-23-31-32-24(37-23)35-11-15-7-6-14(9-29-15)13(2)33/h3-10,13,22,33H,11H2,1-2H3,(H,30,31,34)/t13-/m1/s1. The highest BCUT2D eigenvalue weighted by Gasteiger charge is 2.23. The molecular weight excluding hydrogens is 511 g/mol. The molecule has 0 fully saturated rings. The van der Waals surface area contributed by atoms with E-state index in [9.17, 15) is 23.1 Å². The predicted octanol–water partition coefficient (Wildman–Crippen LogP) is 4.93. The number of nitrogens with zero attached hydrogens (tertiary/aromatic N) is 4. The Morgan fingerprint density at radius 3 is 2.68 bits per heavy atom. The lowest BCUT2D eigenvalue weighted by molar-refractivity contribution is -0.0495. The largest absolute Gasteiger partial charge is 0.462 e. The lowest BCUT2D eigenvalue weighted by Gasteiger charge is -2.15. The zero-order valence-electron chi connectivity index (χ0n) is 19.5. The van der Waals surface area contributed by atoms with E-state index in [1.807, 2.05) is 0 Å². The van der Waals surface area contributed by atoms with Crippen LogP contribution in [0.1, 0.15) is 40.3 Å². The van der Waals surface area contributed by atoms with Gasteiger partial charge in [0.05, 0.1) is 22.9 Å². The number of hydrogen-bond acceptors (Lipinski definition) is 9. The minimum absolute atomic E-state index is 0.0199. The average Bonchev–Trinajstić information content (AvgIpc) is 3.30. The number of nitrogens with one attached hydrogen (secondary N) is 1. The van der Waals surface area contributed by atoms with Crippen LogP contribution in [0.25, 0.3) is 11.1 Å². The van der Waals surface area contributed by atoms with Gasteiger partial charge >= 0.3 is 6.61 Å². The number of rotatable bonds is 9. The average molecular weight is 532 g/mol. The van der Waals surface area contributed by atoms with Crippen molar-refractivity contribution in [2.24, 2.45) is 0 Å². The third-order valence-corrected chi connectivity index (χ3v) is 5.80. The van der Waals surface area contributed by atoms with E-state index >= 15 is 0 Å². The topological polar surface area (TPSA) is 119 Å². The number of aliphatic hydroxyl groups is 1. The summed E-state index contributed by atoms with van der Waals surface area (Å²) in [4.78, 5) is 21.3. The highest BCUT2D eigenvalue weighted by Crippen LogP contribution is 2.36. The first-order valence-electron chi connectivity index (χ1n) is 10.8. The van der Waals surface area contributed by atoms with E-state index in [2.05, 4.69) is 30.2 Å². The first-order chi connectivity index (χ1) is 17.7. The molecule has 0 saturated carbocycles. The Morgan fingerprint density at radius 1 is 1.16 bits per heavy atom. The SMILES string of the molecule is Cc1cc(-c2c(F)cccc2OC(F)F)c(C(=O)Nc2nnc(OCc3ccc([C@@H](C)O)cn3)s2)cn1. The Hall–Kier alpha value is -4.10. The minimum Gasteiger partial charge on any atom is -0.462 e. The molecule has 13 heteroatoms. The quantitative estimate of drug-likeness (QED) is 0.312. The zero-order valence-corrected chi connectivity index (χ0v) is 20.3. The fraction of sp³-hybridized carbons (Fsp3) is 0.208. The Balaban J connectivity index is 1.52. The van der Waals surface area contributed by atoms with Crippen molar-refractivity contribution in [2.45, 2.75) is 33.2 Å². The van der Waals surface area contributed by atoms with Crippen molar-refractivity contribution in [3.63, 3.8) is 0 Å². The third-order valence-electron chi connectivity index (χ3n) is 5.05. The molecule has 1 amide bonds. The Kier molecular flexibility index (Phi) is 7.94. The lowest BCUT2D eigenvalue weighted by Crippen LogP contribution is -2.14. The van der Waals surface area contributed by atoms with E-state index in [0.29, 0.717) is 17.0 Å². The number of aryl methyl sites for hydroxylation is 1. The highest BCUT2D eigenvalue weighted by molar-refractivity contribution is 7.17. The summed E-state index contributed by atoms with van der Waals surface area (Å²) in [6.45, 7) is 0.133. The van der Waals surface area contributed by atoms with Crippen LogP contribution >= 0.6 is 11.3 Å². The van der Waals surface area contributed by atoms with Crippen LogP contribution in [0.2, 0.25) is 0 Å². The number of carbonyl (C=O) groups excluding carboxylic acids is 1. The molecule has 0 spiro atoms. The molecule has 4 aromatic rings. The number of hydrogen-bond donors (Lipinski definition) is 2. The number of pyridine rings is 2. The molecular formula is C24H20F3N5O4S. The van der Waals surface area contributed by atoms with Crippen LogP contribution in [-0.2, 0) is 6.61 Å². The van der Waals surface area contributed by atoms with Gasteiger partial charge in [-0.05, 0) is 55.0 Å². The van der Waals surface area contributed by atoms with E-state index in [1.165, 1.54) is 30.6 Å². The lowest BCUT2D eigenvalue weighted by atomic mass is 9.98. The summed E-state index contributed by atoms with van der Waals surface area (Å²) in [6.07, 6.45) is 2.11. The van der Waals surface area contributed by atoms with Gasteiger partial charge in [0.1, 0.15) is 18.2 Å². The first-order valence-corrected chi connectivity index (χ1v) is 11.6. The van der Waals surface area contributed by atoms with Gasteiger partial charge in [-0.1, -0.05) is 17.2 Å². The van der Waals surface area contributed by atoms with E-state index in [-0.39, 0.29) is 33.6 Å². The van der Waals surface area contributed by atoms with Crippen molar-refractivity contribution in [2.75, 3.05) is 5.32 Å². The molecule has 0 unspecified atom stereocenters. The number of aromatic nitrogens is 4. The van der Waals surface area contributed by atoms with Gasteiger partial charge in [-0.25, -0.2) is 4.39 Å². The second kappa shape index (κ2) is 11.3. The summed E-state index contributed by atoms with van der Waals surface area (Å²) in [5.41, 5.74) is 1.32. The van der Waals surface area contributed by atoms with E-state index in [1.54, 1.807) is 26.0 Å². The number of carbonyl (C=O) groups is 1. The summed E-state index contributed by atoms with van der Waals surface area (Å²) in [7, 11) is 0. The van der Waals surface area contributed by atoms with E-state index in [4.69, 9.17) is 4.74 Å². The molecule has 2 N–H and O–H groups in total. The van der Waals surface area contributed by atoms with Crippen LogP contribution in [0, 0.1) is 12.7 Å². The van der Waals surface area contributed by atoms with Crippen molar-refractivity contribution in [3.05, 3.63) is 77.1 Å². The summed E-state index contributed by atoms with van der Waals surface area (Å²) >= 11 is 0.940. The predicted molar refractivity (Wildman–Crippen MR) is 128 cm³/mol. The van der Waals surface area contributed by atoms with E-state index in [0.717, 1.165) is 17.4 Å². The smallest absolute Gasteiger partial charge is 0.387 e. The van der Waals surface area contributed by atoms with Crippen LogP contribution in [0.4, 0.5) is 18.3 Å². The maximum atomic E-state index is 14.7. The van der Waals surface area contributed by atoms with Crippen LogP contribution in [-0.4, -0.2) is 37.8 Å². The van der Waals surface area contributed by atoms with Gasteiger partial charge in [-0.15, -0.1) is 5.10 Å². The second-order valence-electron chi connectivity index (χ2n) is 7.74. The van der Waals surface area contributed by atoms with Gasteiger partial charge in [-0.2, -0.15) is 8.78 Å². The minimum atomic E-state index is -3.19. The Bertz CT molecular complexity index is 1400. The van der Waals surface area contributed by atoms with Gasteiger partial charge in [0.25, 0.3) is 11.1 Å². The first kappa shape index (κ1) is 26.0. The number of amides is 1. The number of alkyl halides is 2. The molecule has 9 nitrogen and oxygen atoms in total. The molecule has 3 heterocycles. The van der Waals surface area contributed by atoms with Crippen molar-refractivity contribution in [1.82, 2.24) is 20.2 Å². The second-order valence-corrected chi connectivity index (χ2v) is 8.68. The van der Waals surface area contributed by atoms with Gasteiger partial charge in [0.2, 0.25) is 5.13 Å². The summed E-state index contributed by atoms with van der Waals surface area (Å²) < 4.78 is 50.6. The van der Waals surface area contributed by atoms with Crippen molar-refractivity contribution in [1.29, 1.82) is 0 Å². The molecule has 192 valence electrons. The molecule has 37 heavy (non-hydrogen) atoms. The molecule has 0 radical (unpaired) electrons. The van der Waals surface area contributed by atoms with Crippen LogP contribution in [0.15, 0.2) is 48.8 Å². The molecule has 0 aliphatic rings. The third kappa shape index (κ3) is 6.37. The number of aliphatic hydroxyl groups excluding tert-OH is 1. The summed E-state index contributed by atoms with van der Waals surface area (Å²) in [6, 6.07) is 8.31.